The number of carboxylic acid groups (broad SMARTS) is 1. The van der Waals surface area contributed by atoms with Gasteiger partial charge in [-0.2, -0.15) is 0 Å². The second kappa shape index (κ2) is 6.89. The molecule has 0 fully saturated rings. The van der Waals surface area contributed by atoms with Gasteiger partial charge in [-0.3, -0.25) is 14.5 Å². The minimum atomic E-state index is -0.903. The third-order valence-electron chi connectivity index (χ3n) is 3.11. The summed E-state index contributed by atoms with van der Waals surface area (Å²) in [6, 6.07) is 8.64. The molecule has 1 atom stereocenters. The molecule has 1 unspecified atom stereocenters. The Balaban J connectivity index is 2.67. The Hall–Kier alpha value is -1.88. The molecule has 1 aromatic rings. The minimum absolute atomic E-state index is 0.0796. The number of hydrogen-bond donors (Lipinski definition) is 1. The summed E-state index contributed by atoms with van der Waals surface area (Å²) >= 11 is 0. The van der Waals surface area contributed by atoms with Crippen LogP contribution in [0.4, 0.5) is 5.69 Å². The van der Waals surface area contributed by atoms with Crippen LogP contribution in [0.1, 0.15) is 13.3 Å². The van der Waals surface area contributed by atoms with Gasteiger partial charge in [0.25, 0.3) is 0 Å². The average Bonchev–Trinajstić information content (AvgIpc) is 2.39. The van der Waals surface area contributed by atoms with Crippen LogP contribution in [0.5, 0.6) is 0 Å². The van der Waals surface area contributed by atoms with Gasteiger partial charge in [0, 0.05) is 12.7 Å². The number of hydrogen-bond acceptors (Lipinski definition) is 3. The number of carbonyl (C=O) groups excluding carboxylic acids is 1. The fourth-order valence-electron chi connectivity index (χ4n) is 1.90. The molecule has 0 aromatic heterocycles. The Bertz CT molecular complexity index is 434. The first-order chi connectivity index (χ1) is 8.97. The maximum absolute atomic E-state index is 12.1. The molecule has 0 heterocycles. The maximum Gasteiger partial charge on any atom is 0.320 e. The normalized spacial score (nSPS) is 12.2. The lowest BCUT2D eigenvalue weighted by atomic mass is 10.2. The van der Waals surface area contributed by atoms with E-state index in [2.05, 4.69) is 0 Å². The van der Waals surface area contributed by atoms with E-state index in [1.165, 1.54) is 4.90 Å². The first kappa shape index (κ1) is 15.2. The Kier molecular flexibility index (Phi) is 5.51. The molecule has 1 amide bonds. The van der Waals surface area contributed by atoms with E-state index in [-0.39, 0.29) is 12.5 Å². The van der Waals surface area contributed by atoms with Crippen molar-refractivity contribution >= 4 is 17.6 Å². The van der Waals surface area contributed by atoms with Crippen LogP contribution in [0.15, 0.2) is 30.3 Å². The quantitative estimate of drug-likeness (QED) is 0.844. The molecule has 0 radical (unpaired) electrons. The Morgan fingerprint density at radius 3 is 2.26 bits per heavy atom. The predicted octanol–water partition coefficient (Wildman–Crippen LogP) is 1.44. The van der Waals surface area contributed by atoms with Crippen molar-refractivity contribution in [1.29, 1.82) is 0 Å². The van der Waals surface area contributed by atoms with Gasteiger partial charge in [0.15, 0.2) is 0 Å². The van der Waals surface area contributed by atoms with Crippen molar-refractivity contribution in [2.45, 2.75) is 19.4 Å². The van der Waals surface area contributed by atoms with Crippen molar-refractivity contribution in [2.75, 3.05) is 25.5 Å². The predicted molar refractivity (Wildman–Crippen MR) is 74.2 cm³/mol. The highest BCUT2D eigenvalue weighted by molar-refractivity contribution is 5.94. The van der Waals surface area contributed by atoms with Crippen molar-refractivity contribution in [3.05, 3.63) is 30.3 Å². The lowest BCUT2D eigenvalue weighted by Crippen LogP contribution is -2.44. The number of carboxylic acids is 1. The molecular formula is C14H20N2O3. The molecule has 5 heteroatoms. The first-order valence-electron chi connectivity index (χ1n) is 6.22. The molecule has 0 saturated carbocycles. The van der Waals surface area contributed by atoms with Crippen LogP contribution < -0.4 is 4.90 Å². The Morgan fingerprint density at radius 1 is 1.21 bits per heavy atom. The molecule has 1 aromatic carbocycles. The van der Waals surface area contributed by atoms with E-state index < -0.39 is 12.0 Å². The number of anilines is 1. The molecule has 0 aliphatic carbocycles. The van der Waals surface area contributed by atoms with Gasteiger partial charge < -0.3 is 10.0 Å². The second-order valence-corrected chi connectivity index (χ2v) is 4.47. The topological polar surface area (TPSA) is 60.9 Å². The first-order valence-corrected chi connectivity index (χ1v) is 6.22. The number of likely N-dealkylation sites (N-methyl/N-ethyl adjacent to an activating group) is 2. The van der Waals surface area contributed by atoms with Crippen LogP contribution in [-0.2, 0) is 9.59 Å². The molecule has 0 bridgehead atoms. The van der Waals surface area contributed by atoms with E-state index in [9.17, 15) is 9.59 Å². The summed E-state index contributed by atoms with van der Waals surface area (Å²) in [5.41, 5.74) is 0.796. The third-order valence-corrected chi connectivity index (χ3v) is 3.11. The summed E-state index contributed by atoms with van der Waals surface area (Å²) in [5, 5.41) is 9.05. The van der Waals surface area contributed by atoms with Gasteiger partial charge in [0.05, 0.1) is 6.54 Å². The number of rotatable bonds is 6. The van der Waals surface area contributed by atoms with E-state index in [1.807, 2.05) is 30.3 Å². The largest absolute Gasteiger partial charge is 0.480 e. The SMILES string of the molecule is CCC(C(=O)O)N(C)CC(=O)N(C)c1ccccc1. The number of nitrogens with zero attached hydrogens (tertiary/aromatic N) is 2. The lowest BCUT2D eigenvalue weighted by Gasteiger charge is -2.25. The van der Waals surface area contributed by atoms with E-state index in [1.54, 1.807) is 25.9 Å². The molecule has 0 saturated heterocycles. The molecule has 1 N–H and O–H groups in total. The standard InChI is InChI=1S/C14H20N2O3/c1-4-12(14(18)19)15(2)10-13(17)16(3)11-8-6-5-7-9-11/h5-9,12H,4,10H2,1-3H3,(H,18,19). The maximum atomic E-state index is 12.1. The molecule has 0 aliphatic heterocycles. The van der Waals surface area contributed by atoms with Crippen molar-refractivity contribution < 1.29 is 14.7 Å². The van der Waals surface area contributed by atoms with Gasteiger partial charge in [-0.1, -0.05) is 25.1 Å². The van der Waals surface area contributed by atoms with E-state index >= 15 is 0 Å². The summed E-state index contributed by atoms with van der Waals surface area (Å²) in [6.45, 7) is 1.87. The van der Waals surface area contributed by atoms with Crippen LogP contribution in [0.2, 0.25) is 0 Å². The molecule has 19 heavy (non-hydrogen) atoms. The van der Waals surface area contributed by atoms with E-state index in [0.717, 1.165) is 5.69 Å². The third kappa shape index (κ3) is 4.06. The highest BCUT2D eigenvalue weighted by Crippen LogP contribution is 2.12. The molecule has 0 aliphatic rings. The molecule has 104 valence electrons. The number of benzene rings is 1. The van der Waals surface area contributed by atoms with Gasteiger partial charge >= 0.3 is 5.97 Å². The van der Waals surface area contributed by atoms with Crippen LogP contribution in [0, 0.1) is 0 Å². The van der Waals surface area contributed by atoms with Gasteiger partial charge in [-0.25, -0.2) is 0 Å². The van der Waals surface area contributed by atoms with Gasteiger partial charge in [0.2, 0.25) is 5.91 Å². The summed E-state index contributed by atoms with van der Waals surface area (Å²) in [5.74, 6) is -1.03. The summed E-state index contributed by atoms with van der Waals surface area (Å²) in [7, 11) is 3.34. The number of carbonyl (C=O) groups is 2. The van der Waals surface area contributed by atoms with E-state index in [4.69, 9.17) is 5.11 Å². The van der Waals surface area contributed by atoms with Crippen LogP contribution in [0.3, 0.4) is 0 Å². The monoisotopic (exact) mass is 264 g/mol. The number of aliphatic carboxylic acids is 1. The van der Waals surface area contributed by atoms with Gasteiger partial charge in [0.1, 0.15) is 6.04 Å². The number of para-hydroxylation sites is 1. The second-order valence-electron chi connectivity index (χ2n) is 4.47. The summed E-state index contributed by atoms with van der Waals surface area (Å²) in [6.07, 6.45) is 0.466. The zero-order chi connectivity index (χ0) is 14.4. The Labute approximate surface area is 113 Å². The van der Waals surface area contributed by atoms with Crippen LogP contribution in [-0.4, -0.2) is 48.6 Å². The summed E-state index contributed by atoms with van der Waals surface area (Å²) < 4.78 is 0. The smallest absolute Gasteiger partial charge is 0.320 e. The fourth-order valence-corrected chi connectivity index (χ4v) is 1.90. The molecule has 1 rings (SSSR count). The van der Waals surface area contributed by atoms with Gasteiger partial charge in [-0.05, 0) is 25.6 Å². The van der Waals surface area contributed by atoms with Crippen molar-refractivity contribution in [3.8, 4) is 0 Å². The zero-order valence-corrected chi connectivity index (χ0v) is 11.5. The van der Waals surface area contributed by atoms with Crippen LogP contribution >= 0.6 is 0 Å². The van der Waals surface area contributed by atoms with Crippen molar-refractivity contribution in [2.24, 2.45) is 0 Å². The van der Waals surface area contributed by atoms with E-state index in [0.29, 0.717) is 6.42 Å². The number of amides is 1. The zero-order valence-electron chi connectivity index (χ0n) is 11.5. The van der Waals surface area contributed by atoms with Gasteiger partial charge in [-0.15, -0.1) is 0 Å². The van der Waals surface area contributed by atoms with Crippen LogP contribution in [0.25, 0.3) is 0 Å². The molecule has 0 spiro atoms. The highest BCUT2D eigenvalue weighted by atomic mass is 16.4. The lowest BCUT2D eigenvalue weighted by molar-refractivity contribution is -0.143. The molecule has 5 nitrogen and oxygen atoms in total. The van der Waals surface area contributed by atoms with Crippen molar-refractivity contribution in [3.63, 3.8) is 0 Å². The summed E-state index contributed by atoms with van der Waals surface area (Å²) in [4.78, 5) is 26.2. The van der Waals surface area contributed by atoms with Crippen molar-refractivity contribution in [1.82, 2.24) is 4.90 Å². The molecular weight excluding hydrogens is 244 g/mol. The minimum Gasteiger partial charge on any atom is -0.480 e. The Morgan fingerprint density at radius 2 is 1.79 bits per heavy atom. The average molecular weight is 264 g/mol. The highest BCUT2D eigenvalue weighted by Gasteiger charge is 2.23. The fraction of sp³-hybridized carbons (Fsp3) is 0.429.